The van der Waals surface area contributed by atoms with Crippen LogP contribution in [0.3, 0.4) is 0 Å². The van der Waals surface area contributed by atoms with Crippen molar-refractivity contribution in [2.45, 2.75) is 51.4 Å². The summed E-state index contributed by atoms with van der Waals surface area (Å²) in [7, 11) is -3.26. The summed E-state index contributed by atoms with van der Waals surface area (Å²) in [5, 5.41) is 9.10. The fourth-order valence-electron chi connectivity index (χ4n) is 3.56. The molecule has 0 saturated heterocycles. The molecule has 5 nitrogen and oxygen atoms in total. The summed E-state index contributed by atoms with van der Waals surface area (Å²) in [6.07, 6.45) is 7.84. The maximum atomic E-state index is 12.1. The first-order valence-electron chi connectivity index (χ1n) is 7.68. The van der Waals surface area contributed by atoms with Gasteiger partial charge in [0.25, 0.3) is 0 Å². The van der Waals surface area contributed by atoms with E-state index in [1.165, 1.54) is 6.42 Å². The zero-order valence-electron chi connectivity index (χ0n) is 11.9. The third-order valence-electron chi connectivity index (χ3n) is 4.72. The van der Waals surface area contributed by atoms with Gasteiger partial charge >= 0.3 is 5.97 Å². The molecule has 6 heteroatoms. The Bertz CT molecular complexity index is 428. The van der Waals surface area contributed by atoms with Gasteiger partial charge < -0.3 is 5.11 Å². The van der Waals surface area contributed by atoms with E-state index in [0.29, 0.717) is 6.42 Å². The van der Waals surface area contributed by atoms with Crippen LogP contribution in [-0.4, -0.2) is 31.8 Å². The summed E-state index contributed by atoms with van der Waals surface area (Å²) in [6.45, 7) is 0.284. The van der Waals surface area contributed by atoms with E-state index in [1.807, 2.05) is 0 Å². The van der Waals surface area contributed by atoms with Crippen molar-refractivity contribution in [2.24, 2.45) is 17.8 Å². The van der Waals surface area contributed by atoms with Gasteiger partial charge in [-0.15, -0.1) is 0 Å². The number of carboxylic acids is 1. The molecule has 0 radical (unpaired) electrons. The Morgan fingerprint density at radius 3 is 2.40 bits per heavy atom. The monoisotopic (exact) mass is 303 g/mol. The first-order chi connectivity index (χ1) is 9.48. The zero-order valence-corrected chi connectivity index (χ0v) is 12.7. The third kappa shape index (κ3) is 4.45. The summed E-state index contributed by atoms with van der Waals surface area (Å²) in [4.78, 5) is 11.1. The number of carbonyl (C=O) groups is 1. The van der Waals surface area contributed by atoms with E-state index in [1.54, 1.807) is 0 Å². The maximum absolute atomic E-state index is 12.1. The first kappa shape index (κ1) is 15.8. The van der Waals surface area contributed by atoms with E-state index < -0.39 is 16.0 Å². The van der Waals surface area contributed by atoms with Crippen LogP contribution in [0.2, 0.25) is 0 Å². The Morgan fingerprint density at radius 2 is 1.75 bits per heavy atom. The number of nitrogens with one attached hydrogen (secondary N) is 1. The van der Waals surface area contributed by atoms with Crippen molar-refractivity contribution in [3.05, 3.63) is 0 Å². The molecule has 0 heterocycles. The van der Waals surface area contributed by atoms with Crippen LogP contribution in [0.25, 0.3) is 0 Å². The minimum absolute atomic E-state index is 0.0476. The highest BCUT2D eigenvalue weighted by Crippen LogP contribution is 2.31. The van der Waals surface area contributed by atoms with Gasteiger partial charge in [-0.1, -0.05) is 25.7 Å². The van der Waals surface area contributed by atoms with Crippen LogP contribution in [0.15, 0.2) is 0 Å². The average molecular weight is 303 g/mol. The molecule has 2 aliphatic rings. The number of aliphatic carboxylic acids is 1. The van der Waals surface area contributed by atoms with Crippen LogP contribution in [-0.2, 0) is 14.8 Å². The van der Waals surface area contributed by atoms with Gasteiger partial charge in [-0.05, 0) is 37.5 Å². The highest BCUT2D eigenvalue weighted by atomic mass is 32.2. The Kier molecular flexibility index (Phi) is 5.43. The fraction of sp³-hybridized carbons (Fsp3) is 0.929. The second-order valence-corrected chi connectivity index (χ2v) is 8.12. The third-order valence-corrected chi connectivity index (χ3v) is 6.24. The highest BCUT2D eigenvalue weighted by Gasteiger charge is 2.33. The minimum Gasteiger partial charge on any atom is -0.481 e. The van der Waals surface area contributed by atoms with Gasteiger partial charge in [-0.25, -0.2) is 13.1 Å². The summed E-state index contributed by atoms with van der Waals surface area (Å²) < 4.78 is 26.8. The quantitative estimate of drug-likeness (QED) is 0.786. The topological polar surface area (TPSA) is 83.5 Å². The Morgan fingerprint density at radius 1 is 1.05 bits per heavy atom. The lowest BCUT2D eigenvalue weighted by Gasteiger charge is -2.22. The van der Waals surface area contributed by atoms with Crippen molar-refractivity contribution in [2.75, 3.05) is 12.3 Å². The largest absolute Gasteiger partial charge is 0.481 e. The molecule has 2 saturated carbocycles. The first-order valence-corrected chi connectivity index (χ1v) is 9.33. The van der Waals surface area contributed by atoms with Crippen LogP contribution in [0.4, 0.5) is 0 Å². The Labute approximate surface area is 121 Å². The summed E-state index contributed by atoms with van der Waals surface area (Å²) >= 11 is 0. The lowest BCUT2D eigenvalue weighted by Crippen LogP contribution is -2.36. The van der Waals surface area contributed by atoms with Crippen LogP contribution in [0, 0.1) is 17.8 Å². The second-order valence-electron chi connectivity index (χ2n) is 6.27. The van der Waals surface area contributed by atoms with Crippen molar-refractivity contribution in [3.63, 3.8) is 0 Å². The number of rotatable bonds is 6. The van der Waals surface area contributed by atoms with Crippen LogP contribution >= 0.6 is 0 Å². The normalized spacial score (nSPS) is 28.6. The predicted octanol–water partition coefficient (Wildman–Crippen LogP) is 1.99. The molecule has 0 aromatic carbocycles. The van der Waals surface area contributed by atoms with Gasteiger partial charge in [-0.3, -0.25) is 4.79 Å². The van der Waals surface area contributed by atoms with Crippen molar-refractivity contribution in [1.29, 1.82) is 0 Å². The molecule has 0 aromatic heterocycles. The van der Waals surface area contributed by atoms with Crippen LogP contribution < -0.4 is 4.72 Å². The molecule has 0 bridgehead atoms. The smallest absolute Gasteiger partial charge is 0.306 e. The maximum Gasteiger partial charge on any atom is 0.306 e. The molecule has 20 heavy (non-hydrogen) atoms. The molecule has 2 fully saturated rings. The van der Waals surface area contributed by atoms with Crippen molar-refractivity contribution in [3.8, 4) is 0 Å². The van der Waals surface area contributed by atoms with Gasteiger partial charge in [-0.2, -0.15) is 0 Å². The lowest BCUT2D eigenvalue weighted by atomic mass is 9.91. The molecule has 0 amide bonds. The molecule has 0 spiro atoms. The Balaban J connectivity index is 1.81. The number of hydrogen-bond donors (Lipinski definition) is 2. The molecular weight excluding hydrogens is 278 g/mol. The van der Waals surface area contributed by atoms with E-state index in [4.69, 9.17) is 5.11 Å². The van der Waals surface area contributed by atoms with Crippen LogP contribution in [0.5, 0.6) is 0 Å². The fourth-order valence-corrected chi connectivity index (χ4v) is 5.10. The van der Waals surface area contributed by atoms with Gasteiger partial charge in [0, 0.05) is 6.54 Å². The molecule has 2 N–H and O–H groups in total. The molecular formula is C14H25NO4S. The second kappa shape index (κ2) is 6.89. The molecule has 2 rings (SSSR count). The SMILES string of the molecule is O=C(O)C1CCCC1CNS(=O)(=O)CC1CCCCC1. The summed E-state index contributed by atoms with van der Waals surface area (Å²) in [5.74, 6) is -0.739. The summed E-state index contributed by atoms with van der Waals surface area (Å²) in [6, 6.07) is 0. The van der Waals surface area contributed by atoms with Gasteiger partial charge in [0.15, 0.2) is 0 Å². The van der Waals surface area contributed by atoms with Crippen molar-refractivity contribution < 1.29 is 18.3 Å². The van der Waals surface area contributed by atoms with E-state index in [9.17, 15) is 13.2 Å². The number of carboxylic acid groups (broad SMARTS) is 1. The van der Waals surface area contributed by atoms with E-state index in [0.717, 1.165) is 38.5 Å². The summed E-state index contributed by atoms with van der Waals surface area (Å²) in [5.41, 5.74) is 0. The predicted molar refractivity (Wildman–Crippen MR) is 76.8 cm³/mol. The molecule has 116 valence electrons. The molecule has 0 aromatic rings. The minimum atomic E-state index is -3.26. The van der Waals surface area contributed by atoms with E-state index in [-0.39, 0.29) is 30.1 Å². The molecule has 0 aliphatic heterocycles. The van der Waals surface area contributed by atoms with Crippen molar-refractivity contribution in [1.82, 2.24) is 4.72 Å². The molecule has 2 aliphatic carbocycles. The average Bonchev–Trinajstić information content (AvgIpc) is 2.86. The Hall–Kier alpha value is -0.620. The standard InChI is InChI=1S/C14H25NO4S/c16-14(17)13-8-4-7-12(13)9-15-20(18,19)10-11-5-2-1-3-6-11/h11-13,15H,1-10H2,(H,16,17). The van der Waals surface area contributed by atoms with Crippen LogP contribution in [0.1, 0.15) is 51.4 Å². The molecule has 2 unspecified atom stereocenters. The number of hydrogen-bond acceptors (Lipinski definition) is 3. The van der Waals surface area contributed by atoms with Gasteiger partial charge in [0.1, 0.15) is 0 Å². The van der Waals surface area contributed by atoms with Gasteiger partial charge in [0.2, 0.25) is 10.0 Å². The van der Waals surface area contributed by atoms with E-state index in [2.05, 4.69) is 4.72 Å². The van der Waals surface area contributed by atoms with Gasteiger partial charge in [0.05, 0.1) is 11.7 Å². The van der Waals surface area contributed by atoms with Crippen molar-refractivity contribution >= 4 is 16.0 Å². The zero-order chi connectivity index (χ0) is 14.6. The molecule has 2 atom stereocenters. The lowest BCUT2D eigenvalue weighted by molar-refractivity contribution is -0.142. The number of sulfonamides is 1. The highest BCUT2D eigenvalue weighted by molar-refractivity contribution is 7.89. The van der Waals surface area contributed by atoms with E-state index >= 15 is 0 Å².